The number of methoxy groups -OCH3 is 1. The highest BCUT2D eigenvalue weighted by molar-refractivity contribution is 9.10. The molecule has 0 amide bonds. The third-order valence-electron chi connectivity index (χ3n) is 2.87. The van der Waals surface area contributed by atoms with Gasteiger partial charge in [-0.2, -0.15) is 0 Å². The van der Waals surface area contributed by atoms with Crippen LogP contribution in [0.15, 0.2) is 53.0 Å². The summed E-state index contributed by atoms with van der Waals surface area (Å²) in [5.41, 5.74) is 3.79. The maximum atomic E-state index is 5.14. The lowest BCUT2D eigenvalue weighted by atomic mass is 10.1. The Hall–Kier alpha value is -1.16. The predicted molar refractivity (Wildman–Crippen MR) is 81.8 cm³/mol. The van der Waals surface area contributed by atoms with Crippen LogP contribution in [0.25, 0.3) is 0 Å². The van der Waals surface area contributed by atoms with E-state index < -0.39 is 0 Å². The molecule has 0 saturated carbocycles. The van der Waals surface area contributed by atoms with Crippen molar-refractivity contribution in [3.8, 4) is 0 Å². The molecule has 100 valence electrons. The zero-order valence-corrected chi connectivity index (χ0v) is 12.6. The highest BCUT2D eigenvalue weighted by atomic mass is 79.9. The first-order chi connectivity index (χ1) is 9.28. The lowest BCUT2D eigenvalue weighted by molar-refractivity contribution is 0.185. The third kappa shape index (κ3) is 4.78. The number of hydrogen-bond acceptors (Lipinski definition) is 2. The summed E-state index contributed by atoms with van der Waals surface area (Å²) >= 11 is 3.44. The van der Waals surface area contributed by atoms with Gasteiger partial charge in [-0.05, 0) is 28.8 Å². The standard InChI is InChI=1S/C16H18BrNO/c1-19-12-15-4-2-3-14(9-15)11-18-10-13-5-7-16(17)8-6-13/h2-9,18H,10-12H2,1H3. The van der Waals surface area contributed by atoms with Crippen LogP contribution in [0.3, 0.4) is 0 Å². The molecule has 1 N–H and O–H groups in total. The summed E-state index contributed by atoms with van der Waals surface area (Å²) in [6.45, 7) is 2.41. The van der Waals surface area contributed by atoms with Gasteiger partial charge in [0.15, 0.2) is 0 Å². The van der Waals surface area contributed by atoms with Crippen molar-refractivity contribution in [1.29, 1.82) is 0 Å². The van der Waals surface area contributed by atoms with Crippen LogP contribution >= 0.6 is 15.9 Å². The number of ether oxygens (including phenoxy) is 1. The monoisotopic (exact) mass is 319 g/mol. The number of benzene rings is 2. The van der Waals surface area contributed by atoms with Crippen molar-refractivity contribution < 1.29 is 4.74 Å². The maximum Gasteiger partial charge on any atom is 0.0713 e. The van der Waals surface area contributed by atoms with E-state index in [1.165, 1.54) is 16.7 Å². The topological polar surface area (TPSA) is 21.3 Å². The Morgan fingerprint density at radius 3 is 2.37 bits per heavy atom. The molecule has 3 heteroatoms. The van der Waals surface area contributed by atoms with E-state index in [2.05, 4.69) is 69.8 Å². The van der Waals surface area contributed by atoms with Gasteiger partial charge in [-0.25, -0.2) is 0 Å². The first-order valence-electron chi connectivity index (χ1n) is 6.30. The predicted octanol–water partition coefficient (Wildman–Crippen LogP) is 3.89. The summed E-state index contributed by atoms with van der Waals surface area (Å²) in [4.78, 5) is 0. The Bertz CT molecular complexity index is 510. The second-order valence-corrected chi connectivity index (χ2v) is 5.40. The lowest BCUT2D eigenvalue weighted by Gasteiger charge is -2.07. The molecule has 0 saturated heterocycles. The highest BCUT2D eigenvalue weighted by Crippen LogP contribution is 2.11. The smallest absolute Gasteiger partial charge is 0.0713 e. The summed E-state index contributed by atoms with van der Waals surface area (Å²) < 4.78 is 6.26. The SMILES string of the molecule is COCc1cccc(CNCc2ccc(Br)cc2)c1. The maximum absolute atomic E-state index is 5.14. The molecule has 2 nitrogen and oxygen atoms in total. The molecule has 2 aromatic carbocycles. The number of halogens is 1. The van der Waals surface area contributed by atoms with Crippen LogP contribution in [0.5, 0.6) is 0 Å². The van der Waals surface area contributed by atoms with Crippen LogP contribution in [0, 0.1) is 0 Å². The Balaban J connectivity index is 1.85. The van der Waals surface area contributed by atoms with Crippen LogP contribution < -0.4 is 5.32 Å². The van der Waals surface area contributed by atoms with Gasteiger partial charge < -0.3 is 10.1 Å². The van der Waals surface area contributed by atoms with Gasteiger partial charge in [0.05, 0.1) is 6.61 Å². The Labute approximate surface area is 122 Å². The number of rotatable bonds is 6. The molecule has 0 bridgehead atoms. The van der Waals surface area contributed by atoms with E-state index in [0.717, 1.165) is 17.6 Å². The normalized spacial score (nSPS) is 10.6. The molecule has 0 aliphatic rings. The van der Waals surface area contributed by atoms with E-state index in [1.807, 2.05) is 0 Å². The lowest BCUT2D eigenvalue weighted by Crippen LogP contribution is -2.12. The van der Waals surface area contributed by atoms with Gasteiger partial charge in [0.1, 0.15) is 0 Å². The van der Waals surface area contributed by atoms with Crippen LogP contribution in [-0.4, -0.2) is 7.11 Å². The summed E-state index contributed by atoms with van der Waals surface area (Å²) in [5, 5.41) is 3.45. The first-order valence-corrected chi connectivity index (χ1v) is 7.09. The molecular weight excluding hydrogens is 302 g/mol. The van der Waals surface area contributed by atoms with Crippen molar-refractivity contribution in [3.63, 3.8) is 0 Å². The van der Waals surface area contributed by atoms with E-state index in [4.69, 9.17) is 4.74 Å². The van der Waals surface area contributed by atoms with Gasteiger partial charge in [0, 0.05) is 24.7 Å². The van der Waals surface area contributed by atoms with Crippen molar-refractivity contribution >= 4 is 15.9 Å². The van der Waals surface area contributed by atoms with E-state index in [1.54, 1.807) is 7.11 Å². The molecule has 2 rings (SSSR count). The molecule has 0 aliphatic heterocycles. The fraction of sp³-hybridized carbons (Fsp3) is 0.250. The molecular formula is C16H18BrNO. The molecule has 0 aliphatic carbocycles. The van der Waals surface area contributed by atoms with E-state index >= 15 is 0 Å². The average molecular weight is 320 g/mol. The molecule has 0 aromatic heterocycles. The van der Waals surface area contributed by atoms with Crippen molar-refractivity contribution in [1.82, 2.24) is 5.32 Å². The van der Waals surface area contributed by atoms with E-state index in [-0.39, 0.29) is 0 Å². The fourth-order valence-corrected chi connectivity index (χ4v) is 2.21. The molecule has 0 spiro atoms. The first kappa shape index (κ1) is 14.3. The zero-order valence-electron chi connectivity index (χ0n) is 11.0. The van der Waals surface area contributed by atoms with Crippen LogP contribution in [-0.2, 0) is 24.4 Å². The summed E-state index contributed by atoms with van der Waals surface area (Å²) in [6, 6.07) is 16.8. The molecule has 0 atom stereocenters. The average Bonchev–Trinajstić information content (AvgIpc) is 2.42. The summed E-state index contributed by atoms with van der Waals surface area (Å²) in [5.74, 6) is 0. The minimum Gasteiger partial charge on any atom is -0.380 e. The van der Waals surface area contributed by atoms with Gasteiger partial charge in [0.2, 0.25) is 0 Å². The van der Waals surface area contributed by atoms with Crippen molar-refractivity contribution in [2.45, 2.75) is 19.7 Å². The minimum absolute atomic E-state index is 0.667. The van der Waals surface area contributed by atoms with Crippen molar-refractivity contribution in [3.05, 3.63) is 69.7 Å². The third-order valence-corrected chi connectivity index (χ3v) is 3.40. The van der Waals surface area contributed by atoms with Gasteiger partial charge in [-0.1, -0.05) is 52.3 Å². The van der Waals surface area contributed by atoms with E-state index in [9.17, 15) is 0 Å². The van der Waals surface area contributed by atoms with Crippen LogP contribution in [0.4, 0.5) is 0 Å². The van der Waals surface area contributed by atoms with Crippen LogP contribution in [0.2, 0.25) is 0 Å². The quantitative estimate of drug-likeness (QED) is 0.872. The van der Waals surface area contributed by atoms with Gasteiger partial charge in [-0.15, -0.1) is 0 Å². The van der Waals surface area contributed by atoms with Gasteiger partial charge in [0.25, 0.3) is 0 Å². The summed E-state index contributed by atoms with van der Waals surface area (Å²) in [7, 11) is 1.72. The Morgan fingerprint density at radius 2 is 1.63 bits per heavy atom. The van der Waals surface area contributed by atoms with Crippen molar-refractivity contribution in [2.75, 3.05) is 7.11 Å². The molecule has 19 heavy (non-hydrogen) atoms. The second-order valence-electron chi connectivity index (χ2n) is 4.48. The number of hydrogen-bond donors (Lipinski definition) is 1. The van der Waals surface area contributed by atoms with Crippen molar-refractivity contribution in [2.24, 2.45) is 0 Å². The molecule has 0 radical (unpaired) electrons. The highest BCUT2D eigenvalue weighted by Gasteiger charge is 1.97. The number of nitrogens with one attached hydrogen (secondary N) is 1. The molecule has 0 fully saturated rings. The van der Waals surface area contributed by atoms with Crippen LogP contribution in [0.1, 0.15) is 16.7 Å². The molecule has 2 aromatic rings. The Kier molecular flexibility index (Phi) is 5.58. The molecule has 0 unspecified atom stereocenters. The minimum atomic E-state index is 0.667. The second kappa shape index (κ2) is 7.43. The molecule has 0 heterocycles. The fourth-order valence-electron chi connectivity index (χ4n) is 1.95. The van der Waals surface area contributed by atoms with E-state index in [0.29, 0.717) is 6.61 Å². The van der Waals surface area contributed by atoms with Gasteiger partial charge in [-0.3, -0.25) is 0 Å². The van der Waals surface area contributed by atoms with Gasteiger partial charge >= 0.3 is 0 Å². The largest absolute Gasteiger partial charge is 0.380 e. The zero-order chi connectivity index (χ0) is 13.5. The Morgan fingerprint density at radius 1 is 0.947 bits per heavy atom. The summed E-state index contributed by atoms with van der Waals surface area (Å²) in [6.07, 6.45) is 0.